The molecule has 2 N–H and O–H groups in total. The third kappa shape index (κ3) is 4.74. The van der Waals surface area contributed by atoms with E-state index in [4.69, 9.17) is 4.74 Å². The maximum Gasteiger partial charge on any atom is 0.408 e. The van der Waals surface area contributed by atoms with Gasteiger partial charge in [-0.2, -0.15) is 0 Å². The summed E-state index contributed by atoms with van der Waals surface area (Å²) >= 11 is 0. The molecule has 2 aliphatic carbocycles. The average Bonchev–Trinajstić information content (AvgIpc) is 3.15. The van der Waals surface area contributed by atoms with E-state index in [1.807, 2.05) is 13.0 Å². The van der Waals surface area contributed by atoms with Crippen LogP contribution in [-0.2, 0) is 9.53 Å². The van der Waals surface area contributed by atoms with E-state index < -0.39 is 23.7 Å². The van der Waals surface area contributed by atoms with Crippen LogP contribution in [0.25, 0.3) is 0 Å². The molecule has 0 spiro atoms. The maximum absolute atomic E-state index is 12.3. The van der Waals surface area contributed by atoms with E-state index in [2.05, 4.69) is 11.9 Å². The minimum Gasteiger partial charge on any atom is -0.480 e. The van der Waals surface area contributed by atoms with Crippen molar-refractivity contribution < 1.29 is 19.4 Å². The smallest absolute Gasteiger partial charge is 0.408 e. The zero-order valence-corrected chi connectivity index (χ0v) is 14.8. The number of alkyl carbamates (subject to hydrolysis) is 1. The summed E-state index contributed by atoms with van der Waals surface area (Å²) in [6, 6.07) is -0.829. The van der Waals surface area contributed by atoms with Crippen molar-refractivity contribution in [1.82, 2.24) is 5.32 Å². The Morgan fingerprint density at radius 3 is 2.67 bits per heavy atom. The van der Waals surface area contributed by atoms with Gasteiger partial charge in [-0.05, 0) is 70.1 Å². The molecule has 0 aromatic rings. The number of carbonyl (C=O) groups is 2. The van der Waals surface area contributed by atoms with Crippen molar-refractivity contribution in [2.75, 3.05) is 0 Å². The normalized spacial score (nSPS) is 28.5. The minimum atomic E-state index is -0.960. The number of carbonyl (C=O) groups excluding carboxylic acids is 1. The molecule has 24 heavy (non-hydrogen) atoms. The van der Waals surface area contributed by atoms with Crippen molar-refractivity contribution in [2.45, 2.75) is 82.8 Å². The van der Waals surface area contributed by atoms with Crippen molar-refractivity contribution in [3.05, 3.63) is 12.7 Å². The van der Waals surface area contributed by atoms with Crippen LogP contribution in [-0.4, -0.2) is 28.8 Å². The first-order chi connectivity index (χ1) is 11.5. The molecule has 0 aliphatic heterocycles. The number of nitrogens with one attached hydrogen (secondary N) is 1. The van der Waals surface area contributed by atoms with Crippen molar-refractivity contribution >= 4 is 12.1 Å². The molecule has 0 unspecified atom stereocenters. The highest BCUT2D eigenvalue weighted by Crippen LogP contribution is 2.41. The lowest BCUT2D eigenvalue weighted by Gasteiger charge is -2.32. The van der Waals surface area contributed by atoms with Crippen LogP contribution in [0.4, 0.5) is 4.79 Å². The Hall–Kier alpha value is -1.52. The number of carboxylic acid groups (broad SMARTS) is 1. The quantitative estimate of drug-likeness (QED) is 0.512. The zero-order chi connectivity index (χ0) is 17.6. The Kier molecular flexibility index (Phi) is 6.69. The number of hydrogen-bond acceptors (Lipinski definition) is 3. The summed E-state index contributed by atoms with van der Waals surface area (Å²) in [5.74, 6) is -0.592. The van der Waals surface area contributed by atoms with E-state index in [1.165, 1.54) is 0 Å². The lowest BCUT2D eigenvalue weighted by Crippen LogP contribution is -2.48. The van der Waals surface area contributed by atoms with E-state index in [9.17, 15) is 14.7 Å². The van der Waals surface area contributed by atoms with E-state index >= 15 is 0 Å². The van der Waals surface area contributed by atoms with Crippen LogP contribution in [0.5, 0.6) is 0 Å². The monoisotopic (exact) mass is 337 g/mol. The predicted molar refractivity (Wildman–Crippen MR) is 92.8 cm³/mol. The first-order valence-electron chi connectivity index (χ1n) is 9.29. The number of hydrogen-bond donors (Lipinski definition) is 2. The van der Waals surface area contributed by atoms with Gasteiger partial charge in [-0.15, -0.1) is 6.58 Å². The lowest BCUT2D eigenvalue weighted by atomic mass is 9.88. The number of ether oxygens (including phenoxy) is 1. The zero-order valence-electron chi connectivity index (χ0n) is 14.8. The molecular weight excluding hydrogens is 306 g/mol. The Morgan fingerprint density at radius 2 is 2.04 bits per heavy atom. The summed E-state index contributed by atoms with van der Waals surface area (Å²) in [5.41, 5.74) is -0.482. The Morgan fingerprint density at radius 1 is 1.33 bits per heavy atom. The van der Waals surface area contributed by atoms with E-state index in [0.29, 0.717) is 5.92 Å². The van der Waals surface area contributed by atoms with Crippen LogP contribution in [0.2, 0.25) is 0 Å². The second-order valence-corrected chi connectivity index (χ2v) is 7.52. The lowest BCUT2D eigenvalue weighted by molar-refractivity contribution is -0.141. The Labute approximate surface area is 144 Å². The first-order valence-corrected chi connectivity index (χ1v) is 9.29. The van der Waals surface area contributed by atoms with Crippen molar-refractivity contribution in [1.29, 1.82) is 0 Å². The SMILES string of the molecule is C=CCCC[C@H]1CCC[C@]1(C)OC(=O)N[C@H](C(=O)O)C1CCCC1. The maximum atomic E-state index is 12.3. The predicted octanol–water partition coefficient (Wildman–Crippen LogP) is 4.27. The van der Waals surface area contributed by atoms with Gasteiger partial charge in [-0.25, -0.2) is 9.59 Å². The first kappa shape index (κ1) is 18.8. The number of unbranched alkanes of at least 4 members (excludes halogenated alkanes) is 1. The van der Waals surface area contributed by atoms with Crippen LogP contribution >= 0.6 is 0 Å². The molecule has 0 aromatic carbocycles. The summed E-state index contributed by atoms with van der Waals surface area (Å²) in [6.07, 6.45) is 11.1. The molecular formula is C19H31NO4. The van der Waals surface area contributed by atoms with E-state index in [1.54, 1.807) is 0 Å². The molecule has 1 amide bonds. The van der Waals surface area contributed by atoms with Crippen molar-refractivity contribution in [3.63, 3.8) is 0 Å². The molecule has 2 fully saturated rings. The molecule has 0 saturated heterocycles. The fourth-order valence-corrected chi connectivity index (χ4v) is 4.34. The van der Waals surface area contributed by atoms with Gasteiger partial charge >= 0.3 is 12.1 Å². The number of rotatable bonds is 8. The van der Waals surface area contributed by atoms with Crippen LogP contribution < -0.4 is 5.32 Å². The largest absolute Gasteiger partial charge is 0.480 e. The van der Waals surface area contributed by atoms with Gasteiger partial charge in [0.1, 0.15) is 11.6 Å². The van der Waals surface area contributed by atoms with Gasteiger partial charge in [0.2, 0.25) is 0 Å². The summed E-state index contributed by atoms with van der Waals surface area (Å²) in [5, 5.41) is 12.0. The summed E-state index contributed by atoms with van der Waals surface area (Å²) in [7, 11) is 0. The standard InChI is InChI=1S/C19H31NO4/c1-3-4-5-11-15-12-8-13-19(15,2)24-18(23)20-16(17(21)22)14-9-6-7-10-14/h3,14-16H,1,4-13H2,2H3,(H,20,23)(H,21,22)/t15-,16-,19-/m0/s1. The van der Waals surface area contributed by atoms with Gasteiger partial charge in [0, 0.05) is 0 Å². The average molecular weight is 337 g/mol. The number of carboxylic acids is 1. The molecule has 0 bridgehead atoms. The highest BCUT2D eigenvalue weighted by atomic mass is 16.6. The number of aliphatic carboxylic acids is 1. The van der Waals surface area contributed by atoms with Crippen molar-refractivity contribution in [2.24, 2.45) is 11.8 Å². The molecule has 136 valence electrons. The van der Waals surface area contributed by atoms with Gasteiger partial charge in [0.15, 0.2) is 0 Å². The van der Waals surface area contributed by atoms with Gasteiger partial charge in [-0.1, -0.05) is 18.9 Å². The number of amides is 1. The second kappa shape index (κ2) is 8.54. The number of allylic oxidation sites excluding steroid dienone is 1. The molecule has 0 heterocycles. The summed E-state index contributed by atoms with van der Waals surface area (Å²) < 4.78 is 5.74. The minimum absolute atomic E-state index is 0.0230. The van der Waals surface area contributed by atoms with Gasteiger partial charge < -0.3 is 15.2 Å². The topological polar surface area (TPSA) is 75.6 Å². The molecule has 2 rings (SSSR count). The van der Waals surface area contributed by atoms with Crippen LogP contribution in [0.1, 0.15) is 71.1 Å². The highest BCUT2D eigenvalue weighted by molar-refractivity contribution is 5.80. The van der Waals surface area contributed by atoms with Gasteiger partial charge in [0.05, 0.1) is 0 Å². The van der Waals surface area contributed by atoms with Crippen LogP contribution in [0, 0.1) is 11.8 Å². The highest BCUT2D eigenvalue weighted by Gasteiger charge is 2.42. The van der Waals surface area contributed by atoms with Gasteiger partial charge in [-0.3, -0.25) is 0 Å². The van der Waals surface area contributed by atoms with Gasteiger partial charge in [0.25, 0.3) is 0 Å². The fourth-order valence-electron chi connectivity index (χ4n) is 4.34. The fraction of sp³-hybridized carbons (Fsp3) is 0.789. The second-order valence-electron chi connectivity index (χ2n) is 7.52. The van der Waals surface area contributed by atoms with E-state index in [-0.39, 0.29) is 5.92 Å². The molecule has 5 heteroatoms. The van der Waals surface area contributed by atoms with Crippen LogP contribution in [0.3, 0.4) is 0 Å². The Bertz CT molecular complexity index is 458. The third-order valence-electron chi connectivity index (χ3n) is 5.79. The molecule has 2 saturated carbocycles. The van der Waals surface area contributed by atoms with Crippen molar-refractivity contribution in [3.8, 4) is 0 Å². The molecule has 2 aliphatic rings. The molecule has 0 aromatic heterocycles. The molecule has 0 radical (unpaired) electrons. The summed E-state index contributed by atoms with van der Waals surface area (Å²) in [6.45, 7) is 5.74. The molecule has 3 atom stereocenters. The molecule has 5 nitrogen and oxygen atoms in total. The third-order valence-corrected chi connectivity index (χ3v) is 5.79. The summed E-state index contributed by atoms with van der Waals surface area (Å²) in [4.78, 5) is 23.8. The Balaban J connectivity index is 1.91. The van der Waals surface area contributed by atoms with E-state index in [0.717, 1.165) is 64.2 Å². The van der Waals surface area contributed by atoms with Crippen LogP contribution in [0.15, 0.2) is 12.7 Å².